The van der Waals surface area contributed by atoms with Crippen molar-refractivity contribution in [1.29, 1.82) is 0 Å². The van der Waals surface area contributed by atoms with Crippen LogP contribution < -0.4 is 5.32 Å². The molecule has 0 atom stereocenters. The maximum atomic E-state index is 10.8. The number of hydrogen-bond acceptors (Lipinski definition) is 9. The zero-order chi connectivity index (χ0) is 22.6. The van der Waals surface area contributed by atoms with Gasteiger partial charge in [-0.1, -0.05) is 11.3 Å². The SMILES string of the molecule is O=C(O)Cc1nnc(Nc2ccc3ncc(-c4cnn(CCCN5CCCC5)c4)cc3n2)s1. The predicted octanol–water partition coefficient (Wildman–Crippen LogP) is 3.20. The van der Waals surface area contributed by atoms with Crippen LogP contribution >= 0.6 is 11.3 Å². The Bertz CT molecular complexity index is 1260. The van der Waals surface area contributed by atoms with E-state index < -0.39 is 5.97 Å². The van der Waals surface area contributed by atoms with Crippen LogP contribution in [0, 0.1) is 0 Å². The summed E-state index contributed by atoms with van der Waals surface area (Å²) in [5, 5.41) is 25.3. The van der Waals surface area contributed by atoms with E-state index in [0.29, 0.717) is 16.0 Å². The fourth-order valence-corrected chi connectivity index (χ4v) is 4.68. The highest BCUT2D eigenvalue weighted by Crippen LogP contribution is 2.25. The van der Waals surface area contributed by atoms with Crippen molar-refractivity contribution in [3.05, 3.63) is 41.8 Å². The maximum Gasteiger partial charge on any atom is 0.310 e. The molecule has 1 saturated heterocycles. The molecule has 5 heterocycles. The van der Waals surface area contributed by atoms with Gasteiger partial charge in [-0.3, -0.25) is 14.5 Å². The molecule has 0 aliphatic carbocycles. The lowest BCUT2D eigenvalue weighted by Gasteiger charge is -2.13. The molecule has 0 bridgehead atoms. The van der Waals surface area contributed by atoms with Gasteiger partial charge in [-0.25, -0.2) is 4.98 Å². The van der Waals surface area contributed by atoms with E-state index in [9.17, 15) is 4.79 Å². The molecule has 33 heavy (non-hydrogen) atoms. The van der Waals surface area contributed by atoms with Crippen molar-refractivity contribution in [1.82, 2.24) is 34.8 Å². The van der Waals surface area contributed by atoms with E-state index in [-0.39, 0.29) is 6.42 Å². The van der Waals surface area contributed by atoms with E-state index in [2.05, 4.69) is 41.7 Å². The average Bonchev–Trinajstić information content (AvgIpc) is 3.56. The van der Waals surface area contributed by atoms with Crippen LogP contribution in [0.15, 0.2) is 36.8 Å². The van der Waals surface area contributed by atoms with Crippen LogP contribution in [0.4, 0.5) is 10.9 Å². The molecular formula is C22H24N8O2S. The summed E-state index contributed by atoms with van der Waals surface area (Å²) < 4.78 is 1.99. The van der Waals surface area contributed by atoms with Crippen molar-refractivity contribution in [3.8, 4) is 11.1 Å². The molecule has 170 valence electrons. The average molecular weight is 465 g/mol. The molecule has 1 aliphatic heterocycles. The molecule has 5 rings (SSSR count). The highest BCUT2D eigenvalue weighted by molar-refractivity contribution is 7.15. The molecule has 1 fully saturated rings. The number of likely N-dealkylation sites (tertiary alicyclic amines) is 1. The van der Waals surface area contributed by atoms with Crippen molar-refractivity contribution in [2.75, 3.05) is 25.0 Å². The largest absolute Gasteiger partial charge is 0.481 e. The van der Waals surface area contributed by atoms with Crippen LogP contribution in [0.3, 0.4) is 0 Å². The number of aromatic nitrogens is 6. The molecule has 11 heteroatoms. The monoisotopic (exact) mass is 464 g/mol. The second-order valence-corrected chi connectivity index (χ2v) is 9.11. The number of fused-ring (bicyclic) bond motifs is 1. The van der Waals surface area contributed by atoms with Gasteiger partial charge in [0.1, 0.15) is 10.8 Å². The minimum Gasteiger partial charge on any atom is -0.481 e. The van der Waals surface area contributed by atoms with Gasteiger partial charge in [0.25, 0.3) is 0 Å². The lowest BCUT2D eigenvalue weighted by molar-refractivity contribution is -0.136. The second-order valence-electron chi connectivity index (χ2n) is 8.05. The summed E-state index contributed by atoms with van der Waals surface area (Å²) in [5.74, 6) is -0.341. The Hall–Kier alpha value is -3.44. The number of anilines is 2. The minimum absolute atomic E-state index is 0.149. The number of hydrogen-bond donors (Lipinski definition) is 2. The first kappa shape index (κ1) is 21.4. The minimum atomic E-state index is -0.935. The summed E-state index contributed by atoms with van der Waals surface area (Å²) in [6.07, 6.45) is 9.34. The molecule has 0 unspecified atom stereocenters. The summed E-state index contributed by atoms with van der Waals surface area (Å²) in [6, 6.07) is 5.69. The number of carbonyl (C=O) groups is 1. The van der Waals surface area contributed by atoms with Gasteiger partial charge in [0, 0.05) is 30.1 Å². The molecule has 2 N–H and O–H groups in total. The third-order valence-corrected chi connectivity index (χ3v) is 6.41. The van der Waals surface area contributed by atoms with Crippen LogP contribution in [0.2, 0.25) is 0 Å². The third-order valence-electron chi connectivity index (χ3n) is 5.57. The Balaban J connectivity index is 1.27. The highest BCUT2D eigenvalue weighted by Gasteiger charge is 2.12. The smallest absolute Gasteiger partial charge is 0.310 e. The lowest BCUT2D eigenvalue weighted by atomic mass is 10.1. The van der Waals surface area contributed by atoms with Crippen LogP contribution in [-0.4, -0.2) is 65.6 Å². The Morgan fingerprint density at radius 3 is 2.82 bits per heavy atom. The number of nitrogens with zero attached hydrogens (tertiary/aromatic N) is 7. The standard InChI is InChI=1S/C22H24N8O2S/c31-21(32)11-20-27-28-22(33-20)26-19-5-4-17-18(25-19)10-15(12-23-17)16-13-24-30(14-16)9-3-8-29-6-1-2-7-29/h4-5,10,12-14H,1-3,6-9,11H2,(H,31,32)(H,25,26,28). The number of aliphatic carboxylic acids is 1. The fraction of sp³-hybridized carbons (Fsp3) is 0.364. The Kier molecular flexibility index (Phi) is 6.22. The molecule has 0 radical (unpaired) electrons. The van der Waals surface area contributed by atoms with Crippen molar-refractivity contribution in [2.45, 2.75) is 32.2 Å². The number of aryl methyl sites for hydroxylation is 1. The van der Waals surface area contributed by atoms with Crippen molar-refractivity contribution >= 4 is 39.3 Å². The van der Waals surface area contributed by atoms with E-state index in [1.807, 2.05) is 35.3 Å². The predicted molar refractivity (Wildman–Crippen MR) is 126 cm³/mol. The first-order valence-corrected chi connectivity index (χ1v) is 11.8. The first-order chi connectivity index (χ1) is 16.1. The molecule has 4 aromatic rings. The van der Waals surface area contributed by atoms with Gasteiger partial charge in [0.05, 0.1) is 23.7 Å². The molecular weight excluding hydrogens is 440 g/mol. The molecule has 0 saturated carbocycles. The number of carboxylic acids is 1. The van der Waals surface area contributed by atoms with Crippen molar-refractivity contribution < 1.29 is 9.90 Å². The van der Waals surface area contributed by atoms with Gasteiger partial charge in [-0.05, 0) is 57.1 Å². The zero-order valence-electron chi connectivity index (χ0n) is 18.0. The maximum absolute atomic E-state index is 10.8. The van der Waals surface area contributed by atoms with Crippen LogP contribution in [0.25, 0.3) is 22.2 Å². The van der Waals surface area contributed by atoms with Gasteiger partial charge in [-0.15, -0.1) is 10.2 Å². The van der Waals surface area contributed by atoms with Crippen LogP contribution in [-0.2, 0) is 17.8 Å². The highest BCUT2D eigenvalue weighted by atomic mass is 32.1. The Morgan fingerprint density at radius 2 is 1.97 bits per heavy atom. The lowest BCUT2D eigenvalue weighted by Crippen LogP contribution is -2.21. The van der Waals surface area contributed by atoms with Gasteiger partial charge in [0.15, 0.2) is 0 Å². The molecule has 10 nitrogen and oxygen atoms in total. The van der Waals surface area contributed by atoms with Gasteiger partial charge >= 0.3 is 5.97 Å². The van der Waals surface area contributed by atoms with Crippen molar-refractivity contribution in [2.24, 2.45) is 0 Å². The second kappa shape index (κ2) is 9.59. The quantitative estimate of drug-likeness (QED) is 0.384. The normalized spacial score (nSPS) is 14.2. The molecule has 4 aromatic heterocycles. The number of rotatable bonds is 9. The summed E-state index contributed by atoms with van der Waals surface area (Å²) in [5.41, 5.74) is 3.49. The molecule has 0 amide bonds. The van der Waals surface area contributed by atoms with Crippen molar-refractivity contribution in [3.63, 3.8) is 0 Å². The summed E-state index contributed by atoms with van der Waals surface area (Å²) in [6.45, 7) is 4.47. The van der Waals surface area contributed by atoms with E-state index in [0.717, 1.165) is 41.7 Å². The zero-order valence-corrected chi connectivity index (χ0v) is 18.8. The summed E-state index contributed by atoms with van der Waals surface area (Å²) in [4.78, 5) is 22.5. The van der Waals surface area contributed by atoms with E-state index in [1.54, 1.807) is 0 Å². The Labute approximate surface area is 194 Å². The first-order valence-electron chi connectivity index (χ1n) is 11.0. The topological polar surface area (TPSA) is 122 Å². The summed E-state index contributed by atoms with van der Waals surface area (Å²) in [7, 11) is 0. The third kappa shape index (κ3) is 5.32. The number of nitrogens with one attached hydrogen (secondary N) is 1. The fourth-order valence-electron chi connectivity index (χ4n) is 3.95. The molecule has 0 aromatic carbocycles. The van der Waals surface area contributed by atoms with Gasteiger partial charge < -0.3 is 15.3 Å². The van der Waals surface area contributed by atoms with E-state index >= 15 is 0 Å². The van der Waals surface area contributed by atoms with E-state index in [4.69, 9.17) is 5.11 Å². The molecule has 1 aliphatic rings. The van der Waals surface area contributed by atoms with E-state index in [1.165, 1.54) is 37.3 Å². The molecule has 0 spiro atoms. The number of carboxylic acid groups (broad SMARTS) is 1. The van der Waals surface area contributed by atoms with Gasteiger partial charge in [-0.2, -0.15) is 5.10 Å². The Morgan fingerprint density at radius 1 is 1.09 bits per heavy atom. The van der Waals surface area contributed by atoms with Crippen LogP contribution in [0.5, 0.6) is 0 Å². The summed E-state index contributed by atoms with van der Waals surface area (Å²) >= 11 is 1.19. The number of pyridine rings is 2. The van der Waals surface area contributed by atoms with Gasteiger partial charge in [0.2, 0.25) is 5.13 Å². The van der Waals surface area contributed by atoms with Crippen LogP contribution in [0.1, 0.15) is 24.3 Å².